The van der Waals surface area contributed by atoms with E-state index in [1.807, 2.05) is 12.1 Å². The second-order valence-electron chi connectivity index (χ2n) is 6.54. The van der Waals surface area contributed by atoms with Crippen molar-refractivity contribution in [1.29, 1.82) is 0 Å². The lowest BCUT2D eigenvalue weighted by molar-refractivity contribution is -0.137. The molecule has 0 heterocycles. The van der Waals surface area contributed by atoms with Crippen LogP contribution in [-0.4, -0.2) is 17.2 Å². The van der Waals surface area contributed by atoms with Crippen molar-refractivity contribution in [2.24, 2.45) is 0 Å². The van der Waals surface area contributed by atoms with Crippen LogP contribution in [0.2, 0.25) is 0 Å². The van der Waals surface area contributed by atoms with Gasteiger partial charge in [-0.25, -0.2) is 0 Å². The van der Waals surface area contributed by atoms with Gasteiger partial charge in [-0.15, -0.1) is 0 Å². The number of hydrogen-bond donors (Lipinski definition) is 1. The average Bonchev–Trinajstić information content (AvgIpc) is 2.66. The molecule has 0 aromatic heterocycles. The van der Waals surface area contributed by atoms with E-state index in [2.05, 4.69) is 79.7 Å². The minimum Gasteiger partial charge on any atom is -0.481 e. The van der Waals surface area contributed by atoms with E-state index in [-0.39, 0.29) is 6.42 Å². The fourth-order valence-electron chi connectivity index (χ4n) is 3.53. The van der Waals surface area contributed by atoms with E-state index >= 15 is 0 Å². The number of aliphatic carboxylic acids is 1. The van der Waals surface area contributed by atoms with E-state index in [9.17, 15) is 9.90 Å². The number of carboxylic acid groups (broad SMARTS) is 1. The normalized spacial score (nSPS) is 11.3. The summed E-state index contributed by atoms with van der Waals surface area (Å²) >= 11 is 0. The van der Waals surface area contributed by atoms with Gasteiger partial charge >= 0.3 is 5.97 Å². The van der Waals surface area contributed by atoms with Crippen molar-refractivity contribution in [2.75, 3.05) is 6.16 Å². The Labute approximate surface area is 155 Å². The molecular formula is C23H24O2P+. The molecule has 0 amide bonds. The lowest BCUT2D eigenvalue weighted by atomic mass is 10.2. The molecule has 0 unspecified atom stereocenters. The molecule has 26 heavy (non-hydrogen) atoms. The molecule has 0 atom stereocenters. The first-order valence-corrected chi connectivity index (χ1v) is 10.9. The van der Waals surface area contributed by atoms with E-state index in [1.165, 1.54) is 21.5 Å². The predicted octanol–water partition coefficient (Wildman–Crippen LogP) is 4.15. The van der Waals surface area contributed by atoms with Crippen molar-refractivity contribution in [3.05, 3.63) is 90.5 Å². The molecule has 0 bridgehead atoms. The highest BCUT2D eigenvalue weighted by molar-refractivity contribution is 7.95. The monoisotopic (exact) mass is 363 g/mol. The Morgan fingerprint density at radius 1 is 0.808 bits per heavy atom. The molecule has 0 aliphatic heterocycles. The molecule has 3 aromatic carbocycles. The summed E-state index contributed by atoms with van der Waals surface area (Å²) < 4.78 is 0. The van der Waals surface area contributed by atoms with Gasteiger partial charge in [0.25, 0.3) is 0 Å². The Balaban J connectivity index is 2.21. The Kier molecular flexibility index (Phi) is 5.85. The third-order valence-electron chi connectivity index (χ3n) is 4.72. The van der Waals surface area contributed by atoms with Crippen LogP contribution >= 0.6 is 7.26 Å². The molecule has 3 heteroatoms. The number of benzene rings is 3. The third kappa shape index (κ3) is 3.86. The van der Waals surface area contributed by atoms with E-state index in [0.717, 1.165) is 6.16 Å². The maximum Gasteiger partial charge on any atom is 0.303 e. The van der Waals surface area contributed by atoms with Crippen LogP contribution in [0.1, 0.15) is 18.4 Å². The molecule has 0 aliphatic rings. The SMILES string of the molecule is Cc1cccc([P+](CCCC(=O)O)(c2ccccc2)c2ccccc2)c1. The lowest BCUT2D eigenvalue weighted by Crippen LogP contribution is -2.33. The Morgan fingerprint density at radius 3 is 1.85 bits per heavy atom. The van der Waals surface area contributed by atoms with Gasteiger partial charge in [0.2, 0.25) is 0 Å². The Morgan fingerprint density at radius 2 is 1.35 bits per heavy atom. The largest absolute Gasteiger partial charge is 0.481 e. The van der Waals surface area contributed by atoms with E-state index in [0.29, 0.717) is 6.42 Å². The van der Waals surface area contributed by atoms with Gasteiger partial charge in [-0.1, -0.05) is 48.5 Å². The first kappa shape index (κ1) is 18.4. The summed E-state index contributed by atoms with van der Waals surface area (Å²) in [6.45, 7) is 2.12. The number of carboxylic acids is 1. The van der Waals surface area contributed by atoms with Crippen molar-refractivity contribution in [3.8, 4) is 0 Å². The molecule has 3 rings (SSSR count). The van der Waals surface area contributed by atoms with Crippen LogP contribution in [0, 0.1) is 6.92 Å². The molecular weight excluding hydrogens is 339 g/mol. The van der Waals surface area contributed by atoms with Crippen molar-refractivity contribution in [2.45, 2.75) is 19.8 Å². The zero-order valence-electron chi connectivity index (χ0n) is 15.0. The third-order valence-corrected chi connectivity index (χ3v) is 9.23. The standard InChI is InChI=1S/C23H23O2P/c1-19-10-8-15-22(18-19)26(17-9-16-23(24)25,20-11-4-2-5-12-20)21-13-6-3-7-14-21/h2-8,10-15,18H,9,16-17H2,1H3/p+1. The van der Waals surface area contributed by atoms with Crippen LogP contribution in [0.15, 0.2) is 84.9 Å². The lowest BCUT2D eigenvalue weighted by Gasteiger charge is -2.27. The van der Waals surface area contributed by atoms with Crippen molar-refractivity contribution in [1.82, 2.24) is 0 Å². The second kappa shape index (κ2) is 8.29. The zero-order chi connectivity index (χ0) is 18.4. The first-order chi connectivity index (χ1) is 12.6. The first-order valence-electron chi connectivity index (χ1n) is 8.91. The Hall–Kier alpha value is -2.44. The summed E-state index contributed by atoms with van der Waals surface area (Å²) in [5.41, 5.74) is 1.23. The van der Waals surface area contributed by atoms with Gasteiger partial charge in [-0.05, 0) is 55.3 Å². The van der Waals surface area contributed by atoms with Crippen LogP contribution in [0.5, 0.6) is 0 Å². The molecule has 0 saturated carbocycles. The maximum absolute atomic E-state index is 11.2. The van der Waals surface area contributed by atoms with Gasteiger partial charge in [0, 0.05) is 6.42 Å². The van der Waals surface area contributed by atoms with Crippen molar-refractivity contribution < 1.29 is 9.90 Å². The predicted molar refractivity (Wildman–Crippen MR) is 112 cm³/mol. The topological polar surface area (TPSA) is 37.3 Å². The molecule has 1 N–H and O–H groups in total. The van der Waals surface area contributed by atoms with Gasteiger partial charge < -0.3 is 5.11 Å². The average molecular weight is 363 g/mol. The molecule has 0 radical (unpaired) electrons. The summed E-state index contributed by atoms with van der Waals surface area (Å²) in [5, 5.41) is 13.1. The Bertz CT molecular complexity index is 820. The number of aryl methyl sites for hydroxylation is 1. The summed E-state index contributed by atoms with van der Waals surface area (Å²) in [5.74, 6) is -0.728. The fourth-order valence-corrected chi connectivity index (χ4v) is 7.96. The number of carbonyl (C=O) groups is 1. The molecule has 2 nitrogen and oxygen atoms in total. The number of rotatable bonds is 7. The molecule has 0 fully saturated rings. The van der Waals surface area contributed by atoms with E-state index in [4.69, 9.17) is 0 Å². The quantitative estimate of drug-likeness (QED) is 0.640. The van der Waals surface area contributed by atoms with Gasteiger partial charge in [0.15, 0.2) is 0 Å². The molecule has 3 aromatic rings. The van der Waals surface area contributed by atoms with Gasteiger partial charge in [0.1, 0.15) is 23.2 Å². The van der Waals surface area contributed by atoms with E-state index in [1.54, 1.807) is 0 Å². The van der Waals surface area contributed by atoms with Gasteiger partial charge in [0.05, 0.1) is 6.16 Å². The van der Waals surface area contributed by atoms with Crippen LogP contribution in [0.3, 0.4) is 0 Å². The van der Waals surface area contributed by atoms with Crippen molar-refractivity contribution in [3.63, 3.8) is 0 Å². The zero-order valence-corrected chi connectivity index (χ0v) is 15.9. The second-order valence-corrected chi connectivity index (χ2v) is 10.2. The molecule has 0 saturated heterocycles. The van der Waals surface area contributed by atoms with Crippen LogP contribution < -0.4 is 15.9 Å². The summed E-state index contributed by atoms with van der Waals surface area (Å²) in [6.07, 6.45) is 1.73. The van der Waals surface area contributed by atoms with Gasteiger partial charge in [-0.2, -0.15) is 0 Å². The smallest absolute Gasteiger partial charge is 0.303 e. The summed E-state index contributed by atoms with van der Waals surface area (Å²) in [6, 6.07) is 29.9. The minimum atomic E-state index is -1.90. The van der Waals surface area contributed by atoms with Crippen LogP contribution in [0.4, 0.5) is 0 Å². The van der Waals surface area contributed by atoms with E-state index < -0.39 is 13.2 Å². The summed E-state index contributed by atoms with van der Waals surface area (Å²) in [7, 11) is -1.90. The van der Waals surface area contributed by atoms with Crippen LogP contribution in [0.25, 0.3) is 0 Å². The maximum atomic E-state index is 11.2. The molecule has 132 valence electrons. The summed E-state index contributed by atoms with van der Waals surface area (Å²) in [4.78, 5) is 11.2. The highest BCUT2D eigenvalue weighted by Crippen LogP contribution is 2.56. The van der Waals surface area contributed by atoms with Crippen LogP contribution in [-0.2, 0) is 4.79 Å². The number of hydrogen-bond acceptors (Lipinski definition) is 1. The van der Waals surface area contributed by atoms with Crippen molar-refractivity contribution >= 4 is 29.1 Å². The highest BCUT2D eigenvalue weighted by atomic mass is 31.2. The fraction of sp³-hybridized carbons (Fsp3) is 0.174. The molecule has 0 spiro atoms. The minimum absolute atomic E-state index is 0.202. The molecule has 0 aliphatic carbocycles. The van der Waals surface area contributed by atoms with Gasteiger partial charge in [-0.3, -0.25) is 4.79 Å². The highest BCUT2D eigenvalue weighted by Gasteiger charge is 2.44.